The van der Waals surface area contributed by atoms with E-state index in [0.29, 0.717) is 18.6 Å². The summed E-state index contributed by atoms with van der Waals surface area (Å²) in [7, 11) is 0. The molecule has 0 radical (unpaired) electrons. The predicted octanol–water partition coefficient (Wildman–Crippen LogP) is 2.37. The van der Waals surface area contributed by atoms with Gasteiger partial charge in [0.2, 0.25) is 0 Å². The van der Waals surface area contributed by atoms with Crippen LogP contribution in [0.3, 0.4) is 0 Å². The van der Waals surface area contributed by atoms with E-state index < -0.39 is 0 Å². The highest BCUT2D eigenvalue weighted by Crippen LogP contribution is 2.30. The lowest BCUT2D eigenvalue weighted by molar-refractivity contribution is -0.140. The monoisotopic (exact) mass is 237 g/mol. The second-order valence-corrected chi connectivity index (χ2v) is 5.13. The average Bonchev–Trinajstić information content (AvgIpc) is 2.36. The van der Waals surface area contributed by atoms with Crippen molar-refractivity contribution in [3.8, 4) is 0 Å². The first-order chi connectivity index (χ1) is 8.31. The van der Waals surface area contributed by atoms with Gasteiger partial charge in [0.1, 0.15) is 0 Å². The summed E-state index contributed by atoms with van der Waals surface area (Å²) < 4.78 is 5.32. The van der Waals surface area contributed by atoms with Crippen molar-refractivity contribution >= 4 is 5.97 Å². The van der Waals surface area contributed by atoms with Gasteiger partial charge in [-0.15, -0.1) is 0 Å². The van der Waals surface area contributed by atoms with Crippen molar-refractivity contribution in [3.63, 3.8) is 0 Å². The summed E-state index contributed by atoms with van der Waals surface area (Å²) >= 11 is 0. The number of carbonyl (C=O) groups is 1. The fourth-order valence-corrected chi connectivity index (χ4v) is 3.14. The molecule has 2 aliphatic rings. The largest absolute Gasteiger partial charge is 0.462 e. The Morgan fingerprint density at radius 1 is 1.29 bits per heavy atom. The first-order valence-electron chi connectivity index (χ1n) is 6.85. The number of piperidine rings is 2. The molecule has 0 aromatic carbocycles. The zero-order valence-corrected chi connectivity index (χ0v) is 10.7. The number of ether oxygens (including phenoxy) is 1. The van der Waals surface area contributed by atoms with E-state index >= 15 is 0 Å². The van der Waals surface area contributed by atoms with Crippen LogP contribution in [0.2, 0.25) is 0 Å². The molecule has 0 aliphatic carbocycles. The molecule has 0 amide bonds. The highest BCUT2D eigenvalue weighted by atomic mass is 16.5. The predicted molar refractivity (Wildman–Crippen MR) is 67.7 cm³/mol. The minimum Gasteiger partial charge on any atom is -0.462 e. The van der Waals surface area contributed by atoms with E-state index in [1.54, 1.807) is 6.08 Å². The van der Waals surface area contributed by atoms with Crippen LogP contribution in [0.15, 0.2) is 12.2 Å². The molecule has 2 fully saturated rings. The summed E-state index contributed by atoms with van der Waals surface area (Å²) in [6.45, 7) is 4.92. The number of allylic oxidation sites excluding steroid dienone is 1. The van der Waals surface area contributed by atoms with Crippen molar-refractivity contribution in [1.29, 1.82) is 0 Å². The molecule has 0 spiro atoms. The maximum absolute atomic E-state index is 11.3. The van der Waals surface area contributed by atoms with E-state index in [9.17, 15) is 4.79 Å². The minimum atomic E-state index is -0.194. The third-order valence-corrected chi connectivity index (χ3v) is 3.97. The van der Waals surface area contributed by atoms with E-state index in [1.165, 1.54) is 51.3 Å². The lowest BCUT2D eigenvalue weighted by Crippen LogP contribution is -2.49. The zero-order chi connectivity index (χ0) is 12.1. The van der Waals surface area contributed by atoms with Gasteiger partial charge >= 0.3 is 5.97 Å². The van der Waals surface area contributed by atoms with Gasteiger partial charge in [0.25, 0.3) is 0 Å². The van der Waals surface area contributed by atoms with E-state index in [4.69, 9.17) is 4.74 Å². The Kier molecular flexibility index (Phi) is 4.60. The SMILES string of the molecule is C/C=C/C(=O)OC[C@@H]1CCCN2CCCC[C@H]12. The van der Waals surface area contributed by atoms with Crippen molar-refractivity contribution in [2.75, 3.05) is 19.7 Å². The van der Waals surface area contributed by atoms with Gasteiger partial charge in [-0.05, 0) is 45.7 Å². The van der Waals surface area contributed by atoms with Gasteiger partial charge in [0.05, 0.1) is 6.61 Å². The highest BCUT2D eigenvalue weighted by molar-refractivity contribution is 5.81. The number of fused-ring (bicyclic) bond motifs is 1. The number of hydrogen-bond acceptors (Lipinski definition) is 3. The Hall–Kier alpha value is -0.830. The lowest BCUT2D eigenvalue weighted by atomic mass is 9.84. The van der Waals surface area contributed by atoms with Gasteiger partial charge in [0.15, 0.2) is 0 Å². The Balaban J connectivity index is 1.84. The highest BCUT2D eigenvalue weighted by Gasteiger charge is 2.33. The number of nitrogens with zero attached hydrogens (tertiary/aromatic N) is 1. The molecule has 2 heterocycles. The van der Waals surface area contributed by atoms with Crippen molar-refractivity contribution in [2.45, 2.75) is 45.1 Å². The van der Waals surface area contributed by atoms with E-state index in [0.717, 1.165) is 0 Å². The molecule has 2 saturated heterocycles. The molecule has 0 aromatic rings. The third kappa shape index (κ3) is 3.32. The first kappa shape index (κ1) is 12.6. The summed E-state index contributed by atoms with van der Waals surface area (Å²) in [5, 5.41) is 0. The zero-order valence-electron chi connectivity index (χ0n) is 10.7. The Morgan fingerprint density at radius 3 is 2.94 bits per heavy atom. The summed E-state index contributed by atoms with van der Waals surface area (Å²) in [4.78, 5) is 13.9. The molecule has 0 saturated carbocycles. The lowest BCUT2D eigenvalue weighted by Gasteiger charge is -2.44. The van der Waals surface area contributed by atoms with Crippen LogP contribution in [0, 0.1) is 5.92 Å². The van der Waals surface area contributed by atoms with E-state index in [-0.39, 0.29) is 5.97 Å². The Labute approximate surface area is 104 Å². The van der Waals surface area contributed by atoms with Crippen molar-refractivity contribution in [3.05, 3.63) is 12.2 Å². The molecule has 17 heavy (non-hydrogen) atoms. The molecular weight excluding hydrogens is 214 g/mol. The molecule has 2 aliphatic heterocycles. The summed E-state index contributed by atoms with van der Waals surface area (Å²) in [6.07, 6.45) is 9.65. The standard InChI is InChI=1S/C14H23NO2/c1-2-6-14(16)17-11-12-7-5-10-15-9-4-3-8-13(12)15/h2,6,12-13H,3-5,7-11H2,1H3/b6-2+/t12-,13+/m0/s1. The summed E-state index contributed by atoms with van der Waals surface area (Å²) in [5.74, 6) is 0.360. The smallest absolute Gasteiger partial charge is 0.330 e. The molecule has 3 nitrogen and oxygen atoms in total. The number of rotatable bonds is 3. The molecule has 3 heteroatoms. The van der Waals surface area contributed by atoms with Gasteiger partial charge in [-0.3, -0.25) is 4.90 Å². The van der Waals surface area contributed by atoms with Crippen molar-refractivity contribution < 1.29 is 9.53 Å². The summed E-state index contributed by atoms with van der Waals surface area (Å²) in [6, 6.07) is 0.663. The molecule has 0 bridgehead atoms. The maximum atomic E-state index is 11.3. The van der Waals surface area contributed by atoms with Crippen LogP contribution in [0.25, 0.3) is 0 Å². The topological polar surface area (TPSA) is 29.5 Å². The fraction of sp³-hybridized carbons (Fsp3) is 0.786. The second kappa shape index (κ2) is 6.20. The van der Waals surface area contributed by atoms with Gasteiger partial charge in [-0.2, -0.15) is 0 Å². The molecule has 96 valence electrons. The molecule has 0 N–H and O–H groups in total. The van der Waals surface area contributed by atoms with Crippen molar-refractivity contribution in [2.24, 2.45) is 5.92 Å². The minimum absolute atomic E-state index is 0.194. The normalized spacial score (nSPS) is 30.2. The van der Waals surface area contributed by atoms with E-state index in [1.807, 2.05) is 6.92 Å². The maximum Gasteiger partial charge on any atom is 0.330 e. The average molecular weight is 237 g/mol. The fourth-order valence-electron chi connectivity index (χ4n) is 3.14. The molecule has 0 unspecified atom stereocenters. The van der Waals surface area contributed by atoms with Gasteiger partial charge in [-0.1, -0.05) is 12.5 Å². The van der Waals surface area contributed by atoms with Crippen LogP contribution in [0.4, 0.5) is 0 Å². The molecule has 0 aromatic heterocycles. The van der Waals surface area contributed by atoms with Gasteiger partial charge in [0, 0.05) is 18.0 Å². The van der Waals surface area contributed by atoms with Gasteiger partial charge in [-0.25, -0.2) is 4.79 Å². The van der Waals surface area contributed by atoms with Crippen molar-refractivity contribution in [1.82, 2.24) is 4.90 Å². The van der Waals surface area contributed by atoms with Gasteiger partial charge < -0.3 is 4.74 Å². The van der Waals surface area contributed by atoms with Crippen LogP contribution in [0.1, 0.15) is 39.0 Å². The Morgan fingerprint density at radius 2 is 2.12 bits per heavy atom. The number of carbonyl (C=O) groups excluding carboxylic acids is 1. The number of hydrogen-bond donors (Lipinski definition) is 0. The van der Waals surface area contributed by atoms with Crippen LogP contribution < -0.4 is 0 Å². The first-order valence-corrected chi connectivity index (χ1v) is 6.85. The number of esters is 1. The van der Waals surface area contributed by atoms with Crippen LogP contribution in [-0.4, -0.2) is 36.6 Å². The quantitative estimate of drug-likeness (QED) is 0.557. The Bertz CT molecular complexity index is 286. The molecule has 2 rings (SSSR count). The third-order valence-electron chi connectivity index (χ3n) is 3.97. The van der Waals surface area contributed by atoms with Crippen LogP contribution in [-0.2, 0) is 9.53 Å². The molecule has 2 atom stereocenters. The van der Waals surface area contributed by atoms with E-state index in [2.05, 4.69) is 4.90 Å². The van der Waals surface area contributed by atoms with Crippen LogP contribution >= 0.6 is 0 Å². The summed E-state index contributed by atoms with van der Waals surface area (Å²) in [5.41, 5.74) is 0. The molecular formula is C14H23NO2. The van der Waals surface area contributed by atoms with Crippen LogP contribution in [0.5, 0.6) is 0 Å². The second-order valence-electron chi connectivity index (χ2n) is 5.13.